The van der Waals surface area contributed by atoms with Crippen LogP contribution in [0.15, 0.2) is 65.8 Å². The zero-order chi connectivity index (χ0) is 19.7. The molecule has 3 aromatic carbocycles. The molecule has 0 aliphatic carbocycles. The van der Waals surface area contributed by atoms with E-state index < -0.39 is 0 Å². The molecule has 0 bridgehead atoms. The Bertz CT molecular complexity index is 1220. The second-order valence-electron chi connectivity index (χ2n) is 6.94. The molecule has 4 rings (SSSR count). The number of aromatic nitrogens is 1. The van der Waals surface area contributed by atoms with Crippen molar-refractivity contribution >= 4 is 33.8 Å². The minimum absolute atomic E-state index is 0.192. The Morgan fingerprint density at radius 3 is 2.50 bits per heavy atom. The average molecular weight is 369 g/mol. The Balaban J connectivity index is 1.67. The molecular formula is C24H23N3O. The molecule has 0 aliphatic heterocycles. The summed E-state index contributed by atoms with van der Waals surface area (Å²) in [6.07, 6.45) is 1.75. The number of nitrogens with zero attached hydrogens (tertiary/aromatic N) is 2. The molecule has 1 amide bonds. The maximum absolute atomic E-state index is 12.8. The zero-order valence-corrected chi connectivity index (χ0v) is 16.4. The number of nitrogens with one attached hydrogen (secondary N) is 1. The number of carbonyl (C=O) groups excluding carboxylic acids is 1. The van der Waals surface area contributed by atoms with Gasteiger partial charge in [0.2, 0.25) is 0 Å². The van der Waals surface area contributed by atoms with E-state index >= 15 is 0 Å². The van der Waals surface area contributed by atoms with E-state index in [0.29, 0.717) is 5.56 Å². The van der Waals surface area contributed by atoms with Crippen LogP contribution in [0.5, 0.6) is 0 Å². The molecule has 1 aromatic heterocycles. The van der Waals surface area contributed by atoms with Crippen LogP contribution in [0.25, 0.3) is 21.7 Å². The second-order valence-corrected chi connectivity index (χ2v) is 6.94. The van der Waals surface area contributed by atoms with Crippen LogP contribution in [0, 0.1) is 13.8 Å². The SMILES string of the molecule is CCn1c(C)c(/C=N\NC(=O)c2c(C)ccc3ccccc23)c2ccccc21. The Morgan fingerprint density at radius 2 is 1.71 bits per heavy atom. The van der Waals surface area contributed by atoms with Crippen molar-refractivity contribution in [3.63, 3.8) is 0 Å². The number of hydrazone groups is 1. The fraction of sp³-hybridized carbons (Fsp3) is 0.167. The predicted molar refractivity (Wildman–Crippen MR) is 116 cm³/mol. The van der Waals surface area contributed by atoms with Crippen LogP contribution >= 0.6 is 0 Å². The summed E-state index contributed by atoms with van der Waals surface area (Å²) in [7, 11) is 0. The van der Waals surface area contributed by atoms with Crippen molar-refractivity contribution in [2.45, 2.75) is 27.3 Å². The van der Waals surface area contributed by atoms with E-state index in [4.69, 9.17) is 0 Å². The molecule has 0 saturated carbocycles. The first-order valence-corrected chi connectivity index (χ1v) is 9.51. The number of hydrogen-bond acceptors (Lipinski definition) is 2. The number of benzene rings is 3. The maximum Gasteiger partial charge on any atom is 0.272 e. The standard InChI is InChI=1S/C24H23N3O/c1-4-27-17(3)21(20-11-7-8-12-22(20)27)15-25-26-24(28)23-16(2)13-14-18-9-5-6-10-19(18)23/h5-15H,4H2,1-3H3,(H,26,28)/b25-15-. The van der Waals surface area contributed by atoms with Crippen molar-refractivity contribution in [3.05, 3.63) is 83.0 Å². The lowest BCUT2D eigenvalue weighted by atomic mass is 9.99. The summed E-state index contributed by atoms with van der Waals surface area (Å²) >= 11 is 0. The zero-order valence-electron chi connectivity index (χ0n) is 16.4. The predicted octanol–water partition coefficient (Wildman–Crippen LogP) is 5.20. The molecule has 0 saturated heterocycles. The van der Waals surface area contributed by atoms with Gasteiger partial charge in [0.1, 0.15) is 0 Å². The van der Waals surface area contributed by atoms with Gasteiger partial charge in [-0.2, -0.15) is 5.10 Å². The lowest BCUT2D eigenvalue weighted by molar-refractivity contribution is 0.0956. The number of carbonyl (C=O) groups is 1. The third-order valence-corrected chi connectivity index (χ3v) is 5.32. The van der Waals surface area contributed by atoms with Crippen molar-refractivity contribution in [2.75, 3.05) is 0 Å². The van der Waals surface area contributed by atoms with E-state index in [9.17, 15) is 4.79 Å². The second kappa shape index (κ2) is 7.31. The van der Waals surface area contributed by atoms with Gasteiger partial charge in [-0.25, -0.2) is 5.43 Å². The fourth-order valence-electron chi connectivity index (χ4n) is 3.92. The summed E-state index contributed by atoms with van der Waals surface area (Å²) in [6.45, 7) is 7.05. The highest BCUT2D eigenvalue weighted by molar-refractivity contribution is 6.09. The van der Waals surface area contributed by atoms with Gasteiger partial charge in [0.05, 0.1) is 11.8 Å². The summed E-state index contributed by atoms with van der Waals surface area (Å²) in [6, 6.07) is 20.2. The Kier molecular flexibility index (Phi) is 4.70. The van der Waals surface area contributed by atoms with E-state index in [1.54, 1.807) is 6.21 Å². The van der Waals surface area contributed by atoms with Gasteiger partial charge in [-0.15, -0.1) is 0 Å². The van der Waals surface area contributed by atoms with Crippen molar-refractivity contribution in [1.82, 2.24) is 9.99 Å². The fourth-order valence-corrected chi connectivity index (χ4v) is 3.92. The number of amides is 1. The molecule has 0 radical (unpaired) electrons. The summed E-state index contributed by atoms with van der Waals surface area (Å²) in [4.78, 5) is 12.8. The van der Waals surface area contributed by atoms with Gasteiger partial charge in [0.25, 0.3) is 5.91 Å². The van der Waals surface area contributed by atoms with Crippen LogP contribution < -0.4 is 5.43 Å². The average Bonchev–Trinajstić information content (AvgIpc) is 2.98. The lowest BCUT2D eigenvalue weighted by Crippen LogP contribution is -2.19. The molecule has 0 unspecified atom stereocenters. The first kappa shape index (κ1) is 18.0. The molecule has 4 aromatic rings. The number of hydrogen-bond donors (Lipinski definition) is 1. The van der Waals surface area contributed by atoms with Gasteiger partial charge in [-0.1, -0.05) is 54.6 Å². The van der Waals surface area contributed by atoms with Gasteiger partial charge in [-0.3, -0.25) is 4.79 Å². The van der Waals surface area contributed by atoms with E-state index in [1.165, 1.54) is 5.52 Å². The highest BCUT2D eigenvalue weighted by atomic mass is 16.2. The summed E-state index contributed by atoms with van der Waals surface area (Å²) in [5.74, 6) is -0.192. The smallest absolute Gasteiger partial charge is 0.272 e. The third kappa shape index (κ3) is 2.97. The Labute approximate surface area is 164 Å². The molecule has 0 spiro atoms. The summed E-state index contributed by atoms with van der Waals surface area (Å²) < 4.78 is 2.26. The molecule has 4 heteroatoms. The van der Waals surface area contributed by atoms with Crippen LogP contribution in [0.1, 0.15) is 34.1 Å². The van der Waals surface area contributed by atoms with Gasteiger partial charge < -0.3 is 4.57 Å². The van der Waals surface area contributed by atoms with Crippen LogP contribution in [-0.2, 0) is 6.54 Å². The number of fused-ring (bicyclic) bond motifs is 2. The minimum atomic E-state index is -0.192. The topological polar surface area (TPSA) is 46.4 Å². The first-order chi connectivity index (χ1) is 13.6. The third-order valence-electron chi connectivity index (χ3n) is 5.32. The first-order valence-electron chi connectivity index (χ1n) is 9.51. The molecule has 140 valence electrons. The van der Waals surface area contributed by atoms with Crippen molar-refractivity contribution in [1.29, 1.82) is 0 Å². The molecule has 4 nitrogen and oxygen atoms in total. The van der Waals surface area contributed by atoms with Gasteiger partial charge in [-0.05, 0) is 43.2 Å². The molecule has 28 heavy (non-hydrogen) atoms. The van der Waals surface area contributed by atoms with Gasteiger partial charge in [0, 0.05) is 28.7 Å². The van der Waals surface area contributed by atoms with Crippen LogP contribution in [0.2, 0.25) is 0 Å². The van der Waals surface area contributed by atoms with Crippen molar-refractivity contribution in [2.24, 2.45) is 5.10 Å². The molecule has 0 atom stereocenters. The Hall–Kier alpha value is -3.40. The monoisotopic (exact) mass is 369 g/mol. The van der Waals surface area contributed by atoms with Gasteiger partial charge >= 0.3 is 0 Å². The summed E-state index contributed by atoms with van der Waals surface area (Å²) in [5, 5.41) is 7.41. The van der Waals surface area contributed by atoms with Gasteiger partial charge in [0.15, 0.2) is 0 Å². The molecule has 0 fully saturated rings. The normalized spacial score (nSPS) is 11.5. The van der Waals surface area contributed by atoms with Crippen LogP contribution in [0.4, 0.5) is 0 Å². The van der Waals surface area contributed by atoms with Crippen LogP contribution in [-0.4, -0.2) is 16.7 Å². The molecular weight excluding hydrogens is 346 g/mol. The lowest BCUT2D eigenvalue weighted by Gasteiger charge is -2.08. The molecule has 0 aliphatic rings. The minimum Gasteiger partial charge on any atom is -0.344 e. The molecule has 1 heterocycles. The Morgan fingerprint density at radius 1 is 1.00 bits per heavy atom. The highest BCUT2D eigenvalue weighted by Gasteiger charge is 2.14. The largest absolute Gasteiger partial charge is 0.344 e. The van der Waals surface area contributed by atoms with E-state index in [2.05, 4.69) is 41.1 Å². The quantitative estimate of drug-likeness (QED) is 0.390. The maximum atomic E-state index is 12.8. The van der Waals surface area contributed by atoms with E-state index in [0.717, 1.165) is 39.5 Å². The van der Waals surface area contributed by atoms with Crippen molar-refractivity contribution < 1.29 is 4.79 Å². The van der Waals surface area contributed by atoms with Crippen molar-refractivity contribution in [3.8, 4) is 0 Å². The summed E-state index contributed by atoms with van der Waals surface area (Å²) in [5.41, 5.74) is 7.68. The number of aryl methyl sites for hydroxylation is 2. The number of para-hydroxylation sites is 1. The molecule has 1 N–H and O–H groups in total. The van der Waals surface area contributed by atoms with E-state index in [1.807, 2.05) is 55.5 Å². The van der Waals surface area contributed by atoms with Crippen LogP contribution in [0.3, 0.4) is 0 Å². The van der Waals surface area contributed by atoms with E-state index in [-0.39, 0.29) is 5.91 Å². The highest BCUT2D eigenvalue weighted by Crippen LogP contribution is 2.25. The number of rotatable bonds is 4.